The summed E-state index contributed by atoms with van der Waals surface area (Å²) >= 11 is 0. The van der Waals surface area contributed by atoms with Crippen molar-refractivity contribution in [1.29, 1.82) is 0 Å². The van der Waals surface area contributed by atoms with Crippen molar-refractivity contribution in [2.24, 2.45) is 5.92 Å². The molecule has 1 aromatic carbocycles. The van der Waals surface area contributed by atoms with Crippen LogP contribution < -0.4 is 19.7 Å². The van der Waals surface area contributed by atoms with Gasteiger partial charge < -0.3 is 24.6 Å². The summed E-state index contributed by atoms with van der Waals surface area (Å²) in [7, 11) is 4.97. The molecule has 2 fully saturated rings. The minimum absolute atomic E-state index is 0.0389. The Bertz CT molecular complexity index is 658. The third kappa shape index (κ3) is 3.42. The SMILES string of the molecule is COc1ccc(N2C[C@H](C(=O)N(C)[C@H]3CCNC3)CC2=O)c(OC)c1. The zero-order valence-corrected chi connectivity index (χ0v) is 14.9. The van der Waals surface area contributed by atoms with E-state index < -0.39 is 0 Å². The topological polar surface area (TPSA) is 71.1 Å². The first-order valence-electron chi connectivity index (χ1n) is 8.55. The van der Waals surface area contributed by atoms with E-state index >= 15 is 0 Å². The zero-order valence-electron chi connectivity index (χ0n) is 14.9. The van der Waals surface area contributed by atoms with Crippen molar-refractivity contribution in [2.75, 3.05) is 45.8 Å². The Balaban J connectivity index is 1.75. The molecule has 7 heteroatoms. The van der Waals surface area contributed by atoms with E-state index in [9.17, 15) is 9.59 Å². The van der Waals surface area contributed by atoms with Gasteiger partial charge in [0.15, 0.2) is 0 Å². The second kappa shape index (κ2) is 7.31. The molecular weight excluding hydrogens is 322 g/mol. The van der Waals surface area contributed by atoms with Crippen LogP contribution in [0.15, 0.2) is 18.2 Å². The largest absolute Gasteiger partial charge is 0.497 e. The van der Waals surface area contributed by atoms with E-state index in [0.29, 0.717) is 23.7 Å². The number of carbonyl (C=O) groups excluding carboxylic acids is 2. The maximum atomic E-state index is 12.8. The summed E-state index contributed by atoms with van der Waals surface area (Å²) < 4.78 is 10.6. The molecule has 2 amide bonds. The van der Waals surface area contributed by atoms with Crippen molar-refractivity contribution < 1.29 is 19.1 Å². The van der Waals surface area contributed by atoms with Gasteiger partial charge >= 0.3 is 0 Å². The summed E-state index contributed by atoms with van der Waals surface area (Å²) in [4.78, 5) is 28.7. The van der Waals surface area contributed by atoms with Crippen LogP contribution in [0, 0.1) is 5.92 Å². The lowest BCUT2D eigenvalue weighted by molar-refractivity contribution is -0.136. The number of nitrogens with one attached hydrogen (secondary N) is 1. The van der Waals surface area contributed by atoms with Crippen LogP contribution in [0.25, 0.3) is 0 Å². The van der Waals surface area contributed by atoms with E-state index in [1.807, 2.05) is 7.05 Å². The molecule has 0 unspecified atom stereocenters. The number of hydrogen-bond donors (Lipinski definition) is 1. The molecule has 2 aliphatic rings. The normalized spacial score (nSPS) is 23.0. The van der Waals surface area contributed by atoms with Crippen molar-refractivity contribution in [3.8, 4) is 11.5 Å². The molecule has 0 spiro atoms. The molecule has 0 aromatic heterocycles. The fraction of sp³-hybridized carbons (Fsp3) is 0.556. The highest BCUT2D eigenvalue weighted by Gasteiger charge is 2.39. The van der Waals surface area contributed by atoms with E-state index in [2.05, 4.69) is 5.32 Å². The quantitative estimate of drug-likeness (QED) is 0.856. The summed E-state index contributed by atoms with van der Waals surface area (Å²) in [5.74, 6) is 0.893. The smallest absolute Gasteiger partial charge is 0.228 e. The fourth-order valence-corrected chi connectivity index (χ4v) is 3.55. The molecule has 2 saturated heterocycles. The lowest BCUT2D eigenvalue weighted by atomic mass is 10.1. The van der Waals surface area contributed by atoms with E-state index in [4.69, 9.17) is 9.47 Å². The summed E-state index contributed by atoms with van der Waals surface area (Å²) in [6, 6.07) is 5.55. The summed E-state index contributed by atoms with van der Waals surface area (Å²) in [5.41, 5.74) is 0.675. The van der Waals surface area contributed by atoms with Crippen LogP contribution in [-0.4, -0.2) is 63.7 Å². The molecule has 7 nitrogen and oxygen atoms in total. The Labute approximate surface area is 147 Å². The summed E-state index contributed by atoms with van der Waals surface area (Å²) in [5, 5.41) is 3.27. The van der Waals surface area contributed by atoms with Crippen molar-refractivity contribution in [3.05, 3.63) is 18.2 Å². The van der Waals surface area contributed by atoms with Crippen LogP contribution >= 0.6 is 0 Å². The Kier molecular flexibility index (Phi) is 5.13. The molecular formula is C18H25N3O4. The Morgan fingerprint density at radius 2 is 2.12 bits per heavy atom. The minimum Gasteiger partial charge on any atom is -0.497 e. The number of nitrogens with zero attached hydrogens (tertiary/aromatic N) is 2. The van der Waals surface area contributed by atoms with Crippen LogP contribution in [0.3, 0.4) is 0 Å². The average molecular weight is 347 g/mol. The van der Waals surface area contributed by atoms with E-state index in [-0.39, 0.29) is 30.2 Å². The highest BCUT2D eigenvalue weighted by atomic mass is 16.5. The number of benzene rings is 1. The van der Waals surface area contributed by atoms with Crippen molar-refractivity contribution in [2.45, 2.75) is 18.9 Å². The first kappa shape index (κ1) is 17.5. The van der Waals surface area contributed by atoms with E-state index in [1.54, 1.807) is 42.2 Å². The first-order valence-corrected chi connectivity index (χ1v) is 8.55. The van der Waals surface area contributed by atoms with Gasteiger partial charge in [0.2, 0.25) is 11.8 Å². The fourth-order valence-electron chi connectivity index (χ4n) is 3.55. The van der Waals surface area contributed by atoms with Gasteiger partial charge in [-0.1, -0.05) is 0 Å². The maximum absolute atomic E-state index is 12.8. The molecule has 0 aliphatic carbocycles. The Morgan fingerprint density at radius 1 is 1.32 bits per heavy atom. The van der Waals surface area contributed by atoms with Crippen LogP contribution in [0.5, 0.6) is 11.5 Å². The van der Waals surface area contributed by atoms with Gasteiger partial charge in [-0.25, -0.2) is 0 Å². The van der Waals surface area contributed by atoms with Crippen LogP contribution in [0.4, 0.5) is 5.69 Å². The molecule has 0 bridgehead atoms. The molecule has 136 valence electrons. The molecule has 3 rings (SSSR count). The number of amides is 2. The minimum atomic E-state index is -0.315. The number of ether oxygens (including phenoxy) is 2. The van der Waals surface area contributed by atoms with Gasteiger partial charge in [0.25, 0.3) is 0 Å². The average Bonchev–Trinajstić information content (AvgIpc) is 3.29. The van der Waals surface area contributed by atoms with Crippen molar-refractivity contribution >= 4 is 17.5 Å². The van der Waals surface area contributed by atoms with Crippen LogP contribution in [0.2, 0.25) is 0 Å². The van der Waals surface area contributed by atoms with Gasteiger partial charge in [0, 0.05) is 38.7 Å². The van der Waals surface area contributed by atoms with Crippen molar-refractivity contribution in [3.63, 3.8) is 0 Å². The zero-order chi connectivity index (χ0) is 18.0. The molecule has 2 heterocycles. The van der Waals surface area contributed by atoms with E-state index in [1.165, 1.54) is 0 Å². The van der Waals surface area contributed by atoms with Gasteiger partial charge in [0.1, 0.15) is 11.5 Å². The number of methoxy groups -OCH3 is 2. The number of likely N-dealkylation sites (N-methyl/N-ethyl adjacent to an activating group) is 1. The van der Waals surface area contributed by atoms with Gasteiger partial charge in [-0.2, -0.15) is 0 Å². The Hall–Kier alpha value is -2.28. The maximum Gasteiger partial charge on any atom is 0.228 e. The van der Waals surface area contributed by atoms with E-state index in [0.717, 1.165) is 19.5 Å². The lowest BCUT2D eigenvalue weighted by Gasteiger charge is -2.26. The van der Waals surface area contributed by atoms with Gasteiger partial charge in [0.05, 0.1) is 25.8 Å². The third-order valence-corrected chi connectivity index (χ3v) is 5.08. The van der Waals surface area contributed by atoms with Gasteiger partial charge in [-0.3, -0.25) is 9.59 Å². The predicted octanol–water partition coefficient (Wildman–Crippen LogP) is 0.877. The molecule has 25 heavy (non-hydrogen) atoms. The van der Waals surface area contributed by atoms with Crippen molar-refractivity contribution in [1.82, 2.24) is 10.2 Å². The second-order valence-electron chi connectivity index (χ2n) is 6.54. The third-order valence-electron chi connectivity index (χ3n) is 5.08. The van der Waals surface area contributed by atoms with Gasteiger partial charge in [-0.05, 0) is 25.1 Å². The standard InChI is InChI=1S/C18H25N3O4/c1-20(13-6-7-19-10-13)18(23)12-8-17(22)21(11-12)15-5-4-14(24-2)9-16(15)25-3/h4-5,9,12-13,19H,6-8,10-11H2,1-3H3/t12-,13+/m1/s1. The van der Waals surface area contributed by atoms with Gasteiger partial charge in [-0.15, -0.1) is 0 Å². The highest BCUT2D eigenvalue weighted by molar-refractivity contribution is 6.01. The Morgan fingerprint density at radius 3 is 2.76 bits per heavy atom. The summed E-state index contributed by atoms with van der Waals surface area (Å²) in [6.07, 6.45) is 1.19. The second-order valence-corrected chi connectivity index (χ2v) is 6.54. The first-order chi connectivity index (χ1) is 12.0. The summed E-state index contributed by atoms with van der Waals surface area (Å²) in [6.45, 7) is 2.13. The molecule has 1 N–H and O–H groups in total. The highest BCUT2D eigenvalue weighted by Crippen LogP contribution is 2.36. The number of carbonyl (C=O) groups is 2. The predicted molar refractivity (Wildman–Crippen MR) is 94.1 cm³/mol. The lowest BCUT2D eigenvalue weighted by Crippen LogP contribution is -2.42. The number of hydrogen-bond acceptors (Lipinski definition) is 5. The molecule has 2 aliphatic heterocycles. The molecule has 0 saturated carbocycles. The molecule has 2 atom stereocenters. The molecule has 0 radical (unpaired) electrons. The number of rotatable bonds is 5. The number of anilines is 1. The molecule has 1 aromatic rings. The van der Waals surface area contributed by atoms with Crippen LogP contribution in [0.1, 0.15) is 12.8 Å². The van der Waals surface area contributed by atoms with Crippen LogP contribution in [-0.2, 0) is 9.59 Å². The monoisotopic (exact) mass is 347 g/mol.